The lowest BCUT2D eigenvalue weighted by atomic mass is 9.97. The molecule has 2 aliphatic heterocycles. The summed E-state index contributed by atoms with van der Waals surface area (Å²) in [6.07, 6.45) is 2.42. The number of hydrogen-bond acceptors (Lipinski definition) is 2. The number of likely N-dealkylation sites (N-methyl/N-ethyl adjacent to an activating group) is 1. The van der Waals surface area contributed by atoms with Gasteiger partial charge >= 0.3 is 6.03 Å². The predicted octanol–water partition coefficient (Wildman–Crippen LogP) is 1.38. The van der Waals surface area contributed by atoms with Gasteiger partial charge in [-0.25, -0.2) is 4.79 Å². The highest BCUT2D eigenvalue weighted by molar-refractivity contribution is 5.76. The molecule has 0 saturated carbocycles. The van der Waals surface area contributed by atoms with Crippen molar-refractivity contribution in [2.45, 2.75) is 32.7 Å². The molecule has 0 aliphatic carbocycles. The number of rotatable bonds is 3. The molecular weight excluding hydrogens is 214 g/mol. The van der Waals surface area contributed by atoms with Gasteiger partial charge in [-0.15, -0.1) is 0 Å². The Morgan fingerprint density at radius 1 is 1.35 bits per heavy atom. The molecule has 2 saturated heterocycles. The summed E-state index contributed by atoms with van der Waals surface area (Å²) in [7, 11) is 1.94. The highest BCUT2D eigenvalue weighted by Crippen LogP contribution is 2.23. The quantitative estimate of drug-likeness (QED) is 0.807. The van der Waals surface area contributed by atoms with Crippen LogP contribution >= 0.6 is 0 Å². The number of nitrogens with zero attached hydrogens (tertiary/aromatic N) is 2. The van der Waals surface area contributed by atoms with Crippen molar-refractivity contribution in [2.24, 2.45) is 11.8 Å². The van der Waals surface area contributed by atoms with E-state index in [2.05, 4.69) is 24.1 Å². The molecule has 1 atom stereocenters. The van der Waals surface area contributed by atoms with Crippen LogP contribution in [-0.4, -0.2) is 55.1 Å². The minimum absolute atomic E-state index is 0.224. The lowest BCUT2D eigenvalue weighted by molar-refractivity contribution is 0.183. The first-order chi connectivity index (χ1) is 8.09. The van der Waals surface area contributed by atoms with Crippen LogP contribution in [0, 0.1) is 11.8 Å². The van der Waals surface area contributed by atoms with E-state index < -0.39 is 0 Å². The monoisotopic (exact) mass is 239 g/mol. The van der Waals surface area contributed by atoms with E-state index >= 15 is 0 Å². The largest absolute Gasteiger partial charge is 0.323 e. The SMILES string of the molecule is CC(C)C1CN(CC2CCNCC2)C(=O)N1C. The maximum absolute atomic E-state index is 12.1. The van der Waals surface area contributed by atoms with Crippen molar-refractivity contribution in [3.63, 3.8) is 0 Å². The van der Waals surface area contributed by atoms with E-state index in [1.165, 1.54) is 12.8 Å². The van der Waals surface area contributed by atoms with Gasteiger partial charge in [0, 0.05) is 20.1 Å². The smallest absolute Gasteiger partial charge is 0.320 e. The van der Waals surface area contributed by atoms with Crippen molar-refractivity contribution in [2.75, 3.05) is 33.2 Å². The van der Waals surface area contributed by atoms with Gasteiger partial charge in [-0.2, -0.15) is 0 Å². The number of nitrogens with one attached hydrogen (secondary N) is 1. The van der Waals surface area contributed by atoms with E-state index in [4.69, 9.17) is 0 Å². The summed E-state index contributed by atoms with van der Waals surface area (Å²) in [6.45, 7) is 8.47. The number of carbonyl (C=O) groups is 1. The van der Waals surface area contributed by atoms with Gasteiger partial charge in [-0.1, -0.05) is 13.8 Å². The molecule has 2 heterocycles. The Morgan fingerprint density at radius 2 is 2.00 bits per heavy atom. The fourth-order valence-electron chi connectivity index (χ4n) is 2.98. The van der Waals surface area contributed by atoms with Crippen LogP contribution in [0.2, 0.25) is 0 Å². The second-order valence-corrected chi connectivity index (χ2v) is 5.80. The average Bonchev–Trinajstić information content (AvgIpc) is 2.59. The van der Waals surface area contributed by atoms with E-state index in [1.807, 2.05) is 11.9 Å². The Bertz CT molecular complexity index is 274. The van der Waals surface area contributed by atoms with E-state index in [-0.39, 0.29) is 6.03 Å². The second-order valence-electron chi connectivity index (χ2n) is 5.80. The van der Waals surface area contributed by atoms with Gasteiger partial charge < -0.3 is 15.1 Å². The summed E-state index contributed by atoms with van der Waals surface area (Å²) in [5.74, 6) is 1.24. The van der Waals surface area contributed by atoms with Gasteiger partial charge in [0.05, 0.1) is 6.04 Å². The molecule has 2 aliphatic rings. The van der Waals surface area contributed by atoms with Crippen molar-refractivity contribution in [1.29, 1.82) is 0 Å². The number of carbonyl (C=O) groups excluding carboxylic acids is 1. The fourth-order valence-corrected chi connectivity index (χ4v) is 2.98. The molecule has 2 rings (SSSR count). The van der Waals surface area contributed by atoms with Gasteiger partial charge in [-0.3, -0.25) is 0 Å². The van der Waals surface area contributed by atoms with E-state index in [1.54, 1.807) is 0 Å². The van der Waals surface area contributed by atoms with Crippen molar-refractivity contribution >= 4 is 6.03 Å². The molecule has 0 spiro atoms. The third kappa shape index (κ3) is 2.73. The molecule has 4 heteroatoms. The highest BCUT2D eigenvalue weighted by atomic mass is 16.2. The van der Waals surface area contributed by atoms with Crippen LogP contribution in [0.5, 0.6) is 0 Å². The van der Waals surface area contributed by atoms with Gasteiger partial charge in [0.25, 0.3) is 0 Å². The van der Waals surface area contributed by atoms with Gasteiger partial charge in [-0.05, 0) is 37.8 Å². The zero-order valence-electron chi connectivity index (χ0n) is 11.3. The van der Waals surface area contributed by atoms with Crippen LogP contribution in [0.4, 0.5) is 4.79 Å². The molecule has 0 aromatic heterocycles. The number of hydrogen-bond donors (Lipinski definition) is 1. The Balaban J connectivity index is 1.91. The highest BCUT2D eigenvalue weighted by Gasteiger charge is 2.36. The third-order valence-corrected chi connectivity index (χ3v) is 4.18. The molecule has 0 aromatic carbocycles. The molecule has 0 aromatic rings. The molecule has 2 fully saturated rings. The normalized spacial score (nSPS) is 27.3. The molecule has 17 heavy (non-hydrogen) atoms. The fraction of sp³-hybridized carbons (Fsp3) is 0.923. The first-order valence-electron chi connectivity index (χ1n) is 6.82. The van der Waals surface area contributed by atoms with Gasteiger partial charge in [0.15, 0.2) is 0 Å². The van der Waals surface area contributed by atoms with Crippen LogP contribution in [0.25, 0.3) is 0 Å². The third-order valence-electron chi connectivity index (χ3n) is 4.18. The standard InChI is InChI=1S/C13H25N3O/c1-10(2)12-9-16(13(17)15(12)3)8-11-4-6-14-7-5-11/h10-12,14H,4-9H2,1-3H3. The molecule has 0 bridgehead atoms. The summed E-state index contributed by atoms with van der Waals surface area (Å²) >= 11 is 0. The maximum atomic E-state index is 12.1. The number of amides is 2. The van der Waals surface area contributed by atoms with Crippen LogP contribution in [-0.2, 0) is 0 Å². The molecule has 98 valence electrons. The minimum atomic E-state index is 0.224. The Kier molecular flexibility index (Phi) is 3.92. The lowest BCUT2D eigenvalue weighted by Crippen LogP contribution is -2.38. The van der Waals surface area contributed by atoms with Crippen LogP contribution < -0.4 is 5.32 Å². The Hall–Kier alpha value is -0.770. The van der Waals surface area contributed by atoms with Gasteiger partial charge in [0.2, 0.25) is 0 Å². The Morgan fingerprint density at radius 3 is 2.53 bits per heavy atom. The topological polar surface area (TPSA) is 35.6 Å². The number of piperidine rings is 1. The maximum Gasteiger partial charge on any atom is 0.320 e. The Labute approximate surface area is 104 Å². The molecule has 0 radical (unpaired) electrons. The molecule has 1 N–H and O–H groups in total. The molecular formula is C13H25N3O. The van der Waals surface area contributed by atoms with Crippen LogP contribution in [0.1, 0.15) is 26.7 Å². The second kappa shape index (κ2) is 5.25. The summed E-state index contributed by atoms with van der Waals surface area (Å²) in [5, 5.41) is 3.37. The summed E-state index contributed by atoms with van der Waals surface area (Å²) < 4.78 is 0. The minimum Gasteiger partial charge on any atom is -0.323 e. The van der Waals surface area contributed by atoms with Crippen molar-refractivity contribution in [3.8, 4) is 0 Å². The first kappa shape index (κ1) is 12.7. The van der Waals surface area contributed by atoms with Gasteiger partial charge in [0.1, 0.15) is 0 Å². The van der Waals surface area contributed by atoms with Crippen molar-refractivity contribution in [3.05, 3.63) is 0 Å². The van der Waals surface area contributed by atoms with E-state index in [0.29, 0.717) is 17.9 Å². The lowest BCUT2D eigenvalue weighted by Gasteiger charge is -2.27. The number of urea groups is 1. The molecule has 1 unspecified atom stereocenters. The summed E-state index contributed by atoms with van der Waals surface area (Å²) in [4.78, 5) is 16.1. The predicted molar refractivity (Wildman–Crippen MR) is 69.0 cm³/mol. The van der Waals surface area contributed by atoms with Crippen molar-refractivity contribution in [1.82, 2.24) is 15.1 Å². The summed E-state index contributed by atoms with van der Waals surface area (Å²) in [6, 6.07) is 0.617. The first-order valence-corrected chi connectivity index (χ1v) is 6.82. The average molecular weight is 239 g/mol. The van der Waals surface area contributed by atoms with E-state index in [9.17, 15) is 4.79 Å². The zero-order valence-corrected chi connectivity index (χ0v) is 11.3. The zero-order chi connectivity index (χ0) is 12.4. The van der Waals surface area contributed by atoms with E-state index in [0.717, 1.165) is 26.2 Å². The molecule has 4 nitrogen and oxygen atoms in total. The van der Waals surface area contributed by atoms with Crippen LogP contribution in [0.15, 0.2) is 0 Å². The summed E-state index contributed by atoms with van der Waals surface area (Å²) in [5.41, 5.74) is 0. The van der Waals surface area contributed by atoms with Crippen LogP contribution in [0.3, 0.4) is 0 Å². The van der Waals surface area contributed by atoms with Crippen molar-refractivity contribution < 1.29 is 4.79 Å². The molecule has 2 amide bonds.